The van der Waals surface area contributed by atoms with Crippen molar-refractivity contribution in [1.29, 1.82) is 0 Å². The third-order valence-electron chi connectivity index (χ3n) is 6.31. The van der Waals surface area contributed by atoms with E-state index in [0.717, 1.165) is 52.4 Å². The second kappa shape index (κ2) is 9.83. The van der Waals surface area contributed by atoms with Crippen molar-refractivity contribution in [3.05, 3.63) is 112 Å². The van der Waals surface area contributed by atoms with E-state index in [0.29, 0.717) is 10.2 Å². The molecule has 0 radical (unpaired) electrons. The molecule has 0 atom stereocenters. The molecule has 0 aliphatic carbocycles. The summed E-state index contributed by atoms with van der Waals surface area (Å²) in [6, 6.07) is 25.8. The molecule has 0 unspecified atom stereocenters. The first-order valence-electron chi connectivity index (χ1n) is 11.9. The first kappa shape index (κ1) is 22.9. The van der Waals surface area contributed by atoms with Crippen LogP contribution in [-0.4, -0.2) is 35.2 Å². The fraction of sp³-hybridized carbons (Fsp3) is 0.103. The van der Waals surface area contributed by atoms with Gasteiger partial charge in [-0.25, -0.2) is 4.98 Å². The Morgan fingerprint density at radius 1 is 0.973 bits per heavy atom. The van der Waals surface area contributed by atoms with Crippen LogP contribution in [0, 0.1) is 0 Å². The molecule has 6 rings (SSSR count). The lowest BCUT2D eigenvalue weighted by Gasteiger charge is -2.13. The van der Waals surface area contributed by atoms with Gasteiger partial charge in [-0.2, -0.15) is 14.9 Å². The van der Waals surface area contributed by atoms with Crippen LogP contribution in [0.25, 0.3) is 21.3 Å². The molecule has 37 heavy (non-hydrogen) atoms. The number of anilines is 1. The minimum atomic E-state index is -0.185. The Labute approximate surface area is 217 Å². The highest BCUT2D eigenvalue weighted by Gasteiger charge is 2.17. The summed E-state index contributed by atoms with van der Waals surface area (Å²) in [5.41, 5.74) is 5.73. The molecule has 1 aliphatic heterocycles. The number of hydrogen-bond donors (Lipinski definition) is 0. The molecular formula is C29H23N5O2S. The summed E-state index contributed by atoms with van der Waals surface area (Å²) >= 11 is 1.46. The minimum absolute atomic E-state index is 0.185. The monoisotopic (exact) mass is 505 g/mol. The molecule has 182 valence electrons. The Balaban J connectivity index is 1.21. The first-order valence-corrected chi connectivity index (χ1v) is 12.8. The third-order valence-corrected chi connectivity index (χ3v) is 7.20. The standard InChI is InChI=1S/C29H23N5O2S/c1-36-24-13-9-22(10-14-24)26-15-16-33(32-26)23-11-7-20(8-12-23)17-31-34-19-30-28-27(29(34)35)25(18-37-28)21-5-3-2-4-6-21/h2-14,17-19H,15-16H2,1H3/b31-17+. The van der Waals surface area contributed by atoms with Crippen molar-refractivity contribution >= 4 is 39.2 Å². The van der Waals surface area contributed by atoms with Gasteiger partial charge < -0.3 is 4.74 Å². The van der Waals surface area contributed by atoms with Crippen molar-refractivity contribution in [1.82, 2.24) is 9.66 Å². The molecule has 5 aromatic rings. The van der Waals surface area contributed by atoms with Crippen molar-refractivity contribution in [3.8, 4) is 16.9 Å². The van der Waals surface area contributed by atoms with E-state index >= 15 is 0 Å². The van der Waals surface area contributed by atoms with Gasteiger partial charge in [-0.05, 0) is 53.1 Å². The predicted octanol–water partition coefficient (Wildman–Crippen LogP) is 5.63. The van der Waals surface area contributed by atoms with Gasteiger partial charge in [-0.3, -0.25) is 9.80 Å². The van der Waals surface area contributed by atoms with Gasteiger partial charge in [0.05, 0.1) is 30.1 Å². The second-order valence-corrected chi connectivity index (χ2v) is 9.43. The maximum absolute atomic E-state index is 13.2. The Bertz CT molecular complexity index is 1670. The van der Waals surface area contributed by atoms with Crippen LogP contribution in [0.5, 0.6) is 5.75 Å². The predicted molar refractivity (Wildman–Crippen MR) is 150 cm³/mol. The van der Waals surface area contributed by atoms with Crippen LogP contribution < -0.4 is 15.3 Å². The van der Waals surface area contributed by atoms with E-state index in [9.17, 15) is 4.79 Å². The van der Waals surface area contributed by atoms with Crippen molar-refractivity contribution in [2.75, 3.05) is 18.7 Å². The lowest BCUT2D eigenvalue weighted by atomic mass is 10.1. The summed E-state index contributed by atoms with van der Waals surface area (Å²) in [4.78, 5) is 18.4. The number of methoxy groups -OCH3 is 1. The number of benzene rings is 3. The van der Waals surface area contributed by atoms with Crippen molar-refractivity contribution < 1.29 is 4.74 Å². The van der Waals surface area contributed by atoms with E-state index in [2.05, 4.69) is 10.1 Å². The molecule has 2 aromatic heterocycles. The van der Waals surface area contributed by atoms with Gasteiger partial charge in [0.15, 0.2) is 0 Å². The summed E-state index contributed by atoms with van der Waals surface area (Å²) in [6.07, 6.45) is 4.02. The van der Waals surface area contributed by atoms with Gasteiger partial charge in [0, 0.05) is 23.9 Å². The second-order valence-electron chi connectivity index (χ2n) is 8.57. The van der Waals surface area contributed by atoms with Crippen LogP contribution in [0.1, 0.15) is 17.5 Å². The van der Waals surface area contributed by atoms with Crippen molar-refractivity contribution in [2.24, 2.45) is 10.2 Å². The maximum Gasteiger partial charge on any atom is 0.283 e. The summed E-state index contributed by atoms with van der Waals surface area (Å²) in [7, 11) is 1.66. The number of ether oxygens (including phenoxy) is 1. The maximum atomic E-state index is 13.2. The highest BCUT2D eigenvalue weighted by Crippen LogP contribution is 2.30. The summed E-state index contributed by atoms with van der Waals surface area (Å²) in [5.74, 6) is 0.835. The molecular weight excluding hydrogens is 482 g/mol. The SMILES string of the molecule is COc1ccc(C2=NN(c3ccc(/C=N/n4cnc5scc(-c6ccccc6)c5c4=O)cc3)CC2)cc1. The van der Waals surface area contributed by atoms with Crippen LogP contribution in [-0.2, 0) is 0 Å². The van der Waals surface area contributed by atoms with Gasteiger partial charge in [0.1, 0.15) is 16.9 Å². The third kappa shape index (κ3) is 4.54. The van der Waals surface area contributed by atoms with E-state index < -0.39 is 0 Å². The topological polar surface area (TPSA) is 72.1 Å². The number of rotatable bonds is 6. The van der Waals surface area contributed by atoms with Gasteiger partial charge in [0.2, 0.25) is 0 Å². The molecule has 0 saturated carbocycles. The molecule has 0 saturated heterocycles. The van der Waals surface area contributed by atoms with E-state index in [4.69, 9.17) is 9.84 Å². The quantitative estimate of drug-likeness (QED) is 0.281. The molecule has 0 N–H and O–H groups in total. The lowest BCUT2D eigenvalue weighted by Crippen LogP contribution is -2.16. The minimum Gasteiger partial charge on any atom is -0.497 e. The summed E-state index contributed by atoms with van der Waals surface area (Å²) in [6.45, 7) is 0.820. The molecule has 7 nitrogen and oxygen atoms in total. The van der Waals surface area contributed by atoms with Gasteiger partial charge in [0.25, 0.3) is 5.56 Å². The van der Waals surface area contributed by atoms with Crippen LogP contribution in [0.2, 0.25) is 0 Å². The molecule has 3 aromatic carbocycles. The number of aromatic nitrogens is 2. The largest absolute Gasteiger partial charge is 0.497 e. The zero-order chi connectivity index (χ0) is 25.2. The fourth-order valence-corrected chi connectivity index (χ4v) is 5.23. The van der Waals surface area contributed by atoms with Gasteiger partial charge >= 0.3 is 0 Å². The molecule has 0 fully saturated rings. The molecule has 1 aliphatic rings. The zero-order valence-electron chi connectivity index (χ0n) is 20.1. The number of fused-ring (bicyclic) bond motifs is 1. The van der Waals surface area contributed by atoms with E-state index in [1.54, 1.807) is 13.3 Å². The molecule has 0 bridgehead atoms. The lowest BCUT2D eigenvalue weighted by molar-refractivity contribution is 0.415. The zero-order valence-corrected chi connectivity index (χ0v) is 20.9. The van der Waals surface area contributed by atoms with Crippen LogP contribution in [0.15, 0.2) is 106 Å². The Kier molecular flexibility index (Phi) is 6.08. The van der Waals surface area contributed by atoms with E-state index in [-0.39, 0.29) is 5.56 Å². The summed E-state index contributed by atoms with van der Waals surface area (Å²) < 4.78 is 6.54. The number of nitrogens with zero attached hydrogens (tertiary/aromatic N) is 5. The average molecular weight is 506 g/mol. The Morgan fingerprint density at radius 3 is 2.51 bits per heavy atom. The normalized spacial score (nSPS) is 13.4. The van der Waals surface area contributed by atoms with Gasteiger partial charge in [-0.15, -0.1) is 11.3 Å². The highest BCUT2D eigenvalue weighted by molar-refractivity contribution is 7.17. The molecule has 0 spiro atoms. The molecule has 0 amide bonds. The number of hydrazone groups is 1. The van der Waals surface area contributed by atoms with Gasteiger partial charge in [-0.1, -0.05) is 42.5 Å². The van der Waals surface area contributed by atoms with E-state index in [1.807, 2.05) is 89.3 Å². The highest BCUT2D eigenvalue weighted by atomic mass is 32.1. The van der Waals surface area contributed by atoms with Crippen molar-refractivity contribution in [3.63, 3.8) is 0 Å². The molecule has 3 heterocycles. The van der Waals surface area contributed by atoms with Crippen molar-refractivity contribution in [2.45, 2.75) is 6.42 Å². The average Bonchev–Trinajstić information content (AvgIpc) is 3.62. The molecule has 8 heteroatoms. The Hall–Kier alpha value is -4.56. The van der Waals surface area contributed by atoms with Crippen LogP contribution >= 0.6 is 11.3 Å². The first-order chi connectivity index (χ1) is 18.2. The van der Waals surface area contributed by atoms with Crippen LogP contribution in [0.4, 0.5) is 5.69 Å². The summed E-state index contributed by atoms with van der Waals surface area (Å²) in [5, 5.41) is 13.8. The van der Waals surface area contributed by atoms with E-state index in [1.165, 1.54) is 22.3 Å². The van der Waals surface area contributed by atoms with Crippen LogP contribution in [0.3, 0.4) is 0 Å². The fourth-order valence-electron chi connectivity index (χ4n) is 4.33. The smallest absolute Gasteiger partial charge is 0.283 e. The Morgan fingerprint density at radius 2 is 1.76 bits per heavy atom. The number of thiophene rings is 1. The number of hydrogen-bond acceptors (Lipinski definition) is 7.